The number of hydrogen-bond acceptors (Lipinski definition) is 5. The van der Waals surface area contributed by atoms with Crippen LogP contribution in [0.5, 0.6) is 0 Å². The van der Waals surface area contributed by atoms with E-state index in [9.17, 15) is 9.59 Å². The molecule has 1 heterocycles. The predicted octanol–water partition coefficient (Wildman–Crippen LogP) is 1.80. The molecule has 1 aromatic heterocycles. The number of methoxy groups -OCH3 is 1. The van der Waals surface area contributed by atoms with Gasteiger partial charge in [-0.3, -0.25) is 5.32 Å². The Morgan fingerprint density at radius 3 is 2.53 bits per heavy atom. The van der Waals surface area contributed by atoms with Gasteiger partial charge in [0.15, 0.2) is 10.8 Å². The first-order valence-corrected chi connectivity index (χ1v) is 5.89. The number of urea groups is 1. The molecule has 6 nitrogen and oxygen atoms in total. The van der Waals surface area contributed by atoms with E-state index in [2.05, 4.69) is 20.4 Å². The van der Waals surface area contributed by atoms with Crippen LogP contribution < -0.4 is 10.6 Å². The molecule has 17 heavy (non-hydrogen) atoms. The Morgan fingerprint density at radius 1 is 1.41 bits per heavy atom. The van der Waals surface area contributed by atoms with E-state index in [0.29, 0.717) is 5.13 Å². The Bertz CT molecular complexity index is 428. The second kappa shape index (κ2) is 5.62. The van der Waals surface area contributed by atoms with Gasteiger partial charge < -0.3 is 10.1 Å². The minimum Gasteiger partial charge on any atom is -0.464 e. The lowest BCUT2D eigenvalue weighted by Crippen LogP contribution is -2.24. The third kappa shape index (κ3) is 3.16. The highest BCUT2D eigenvalue weighted by molar-refractivity contribution is 7.16. The van der Waals surface area contributed by atoms with Crippen LogP contribution in [-0.2, 0) is 4.74 Å². The topological polar surface area (TPSA) is 80.3 Å². The van der Waals surface area contributed by atoms with Crippen molar-refractivity contribution in [1.29, 1.82) is 0 Å². The number of carbonyl (C=O) groups excluding carboxylic acids is 2. The van der Waals surface area contributed by atoms with Crippen molar-refractivity contribution in [3.05, 3.63) is 10.6 Å². The number of rotatable bonds is 3. The van der Waals surface area contributed by atoms with Crippen molar-refractivity contribution < 1.29 is 14.3 Å². The number of nitrogens with zero attached hydrogens (tertiary/aromatic N) is 1. The largest absolute Gasteiger partial charge is 0.464 e. The van der Waals surface area contributed by atoms with Crippen molar-refractivity contribution in [3.8, 4) is 0 Å². The first-order chi connectivity index (χ1) is 7.99. The van der Waals surface area contributed by atoms with Crippen LogP contribution in [0.1, 0.15) is 35.1 Å². The lowest BCUT2D eigenvalue weighted by Gasteiger charge is -2.02. The van der Waals surface area contributed by atoms with E-state index >= 15 is 0 Å². The fraction of sp³-hybridized carbons (Fsp3) is 0.500. The van der Waals surface area contributed by atoms with E-state index in [1.807, 2.05) is 13.8 Å². The van der Waals surface area contributed by atoms with E-state index in [1.165, 1.54) is 25.5 Å². The van der Waals surface area contributed by atoms with Crippen LogP contribution in [0.15, 0.2) is 0 Å². The summed E-state index contributed by atoms with van der Waals surface area (Å²) >= 11 is 1.27. The number of ether oxygens (including phenoxy) is 1. The van der Waals surface area contributed by atoms with Gasteiger partial charge in [0.2, 0.25) is 0 Å². The van der Waals surface area contributed by atoms with Gasteiger partial charge in [0.1, 0.15) is 0 Å². The SMILES string of the molecule is CNC(=O)Nc1nc(C(=O)OC)c(C(C)C)s1. The summed E-state index contributed by atoms with van der Waals surface area (Å²) in [6.45, 7) is 3.90. The lowest BCUT2D eigenvalue weighted by atomic mass is 10.1. The molecule has 1 rings (SSSR count). The number of amides is 2. The van der Waals surface area contributed by atoms with Crippen LogP contribution in [0.3, 0.4) is 0 Å². The Balaban J connectivity index is 3.04. The fourth-order valence-corrected chi connectivity index (χ4v) is 2.13. The highest BCUT2D eigenvalue weighted by atomic mass is 32.1. The molecule has 0 aliphatic heterocycles. The molecular formula is C10H15N3O3S. The molecule has 0 bridgehead atoms. The molecule has 0 aliphatic carbocycles. The van der Waals surface area contributed by atoms with Gasteiger partial charge in [0.25, 0.3) is 0 Å². The molecule has 0 saturated heterocycles. The lowest BCUT2D eigenvalue weighted by molar-refractivity contribution is 0.0593. The number of thiazole rings is 1. The number of esters is 1. The molecule has 2 amide bonds. The van der Waals surface area contributed by atoms with Crippen LogP contribution in [-0.4, -0.2) is 31.1 Å². The van der Waals surface area contributed by atoms with Crippen molar-refractivity contribution in [2.45, 2.75) is 19.8 Å². The van der Waals surface area contributed by atoms with Crippen molar-refractivity contribution in [3.63, 3.8) is 0 Å². The van der Waals surface area contributed by atoms with Crippen LogP contribution >= 0.6 is 11.3 Å². The monoisotopic (exact) mass is 257 g/mol. The molecule has 2 N–H and O–H groups in total. The summed E-state index contributed by atoms with van der Waals surface area (Å²) in [6, 6.07) is -0.370. The second-order valence-corrected chi connectivity index (χ2v) is 4.61. The summed E-state index contributed by atoms with van der Waals surface area (Å²) in [4.78, 5) is 27.5. The summed E-state index contributed by atoms with van der Waals surface area (Å²) in [6.07, 6.45) is 0. The van der Waals surface area contributed by atoms with Crippen molar-refractivity contribution >= 4 is 28.5 Å². The highest BCUT2D eigenvalue weighted by Crippen LogP contribution is 2.30. The van der Waals surface area contributed by atoms with E-state index in [4.69, 9.17) is 0 Å². The number of carbonyl (C=O) groups is 2. The molecule has 0 fully saturated rings. The minimum absolute atomic E-state index is 0.141. The molecule has 0 atom stereocenters. The Morgan fingerprint density at radius 2 is 2.06 bits per heavy atom. The van der Waals surface area contributed by atoms with Gasteiger partial charge in [-0.15, -0.1) is 11.3 Å². The summed E-state index contributed by atoms with van der Waals surface area (Å²) in [5.74, 6) is -0.350. The Kier molecular flexibility index (Phi) is 4.45. The van der Waals surface area contributed by atoms with E-state index < -0.39 is 5.97 Å². The number of hydrogen-bond donors (Lipinski definition) is 2. The quantitative estimate of drug-likeness (QED) is 0.809. The van der Waals surface area contributed by atoms with Crippen LogP contribution in [0.4, 0.5) is 9.93 Å². The zero-order valence-electron chi connectivity index (χ0n) is 10.2. The zero-order chi connectivity index (χ0) is 13.0. The van der Waals surface area contributed by atoms with Gasteiger partial charge in [-0.1, -0.05) is 13.8 Å². The predicted molar refractivity (Wildman–Crippen MR) is 65.6 cm³/mol. The summed E-state index contributed by atoms with van der Waals surface area (Å²) in [5.41, 5.74) is 0.263. The summed E-state index contributed by atoms with van der Waals surface area (Å²) < 4.78 is 4.65. The maximum Gasteiger partial charge on any atom is 0.357 e. The molecule has 7 heteroatoms. The smallest absolute Gasteiger partial charge is 0.357 e. The van der Waals surface area contributed by atoms with Crippen molar-refractivity contribution in [2.75, 3.05) is 19.5 Å². The van der Waals surface area contributed by atoms with Gasteiger partial charge >= 0.3 is 12.0 Å². The molecule has 0 aromatic carbocycles. The Hall–Kier alpha value is -1.63. The molecule has 0 saturated carbocycles. The highest BCUT2D eigenvalue weighted by Gasteiger charge is 2.21. The van der Waals surface area contributed by atoms with Gasteiger partial charge in [0.05, 0.1) is 7.11 Å². The summed E-state index contributed by atoms with van der Waals surface area (Å²) in [7, 11) is 2.81. The van der Waals surface area contributed by atoms with Crippen LogP contribution in [0.2, 0.25) is 0 Å². The zero-order valence-corrected chi connectivity index (χ0v) is 11.0. The van der Waals surface area contributed by atoms with E-state index in [1.54, 1.807) is 0 Å². The van der Waals surface area contributed by atoms with Gasteiger partial charge in [-0.25, -0.2) is 14.6 Å². The number of aromatic nitrogens is 1. The third-order valence-corrected chi connectivity index (χ3v) is 3.28. The number of anilines is 1. The van der Waals surface area contributed by atoms with Gasteiger partial charge in [-0.2, -0.15) is 0 Å². The Labute approximate surface area is 103 Å². The average Bonchev–Trinajstić information content (AvgIpc) is 2.71. The van der Waals surface area contributed by atoms with Gasteiger partial charge in [0, 0.05) is 11.9 Å². The standard InChI is InChI=1S/C10H15N3O3S/c1-5(2)7-6(8(14)16-4)12-10(17-7)13-9(15)11-3/h5H,1-4H3,(H2,11,12,13,15). The van der Waals surface area contributed by atoms with Crippen molar-refractivity contribution in [2.24, 2.45) is 0 Å². The first-order valence-electron chi connectivity index (χ1n) is 5.07. The molecular weight excluding hydrogens is 242 g/mol. The second-order valence-electron chi connectivity index (χ2n) is 3.58. The van der Waals surface area contributed by atoms with E-state index in [0.717, 1.165) is 4.88 Å². The number of nitrogens with one attached hydrogen (secondary N) is 2. The minimum atomic E-state index is -0.491. The third-order valence-electron chi connectivity index (χ3n) is 2.00. The molecule has 1 aromatic rings. The van der Waals surface area contributed by atoms with Gasteiger partial charge in [-0.05, 0) is 5.92 Å². The summed E-state index contributed by atoms with van der Waals surface area (Å²) in [5, 5.41) is 5.33. The molecule has 94 valence electrons. The fourth-order valence-electron chi connectivity index (χ4n) is 1.18. The maximum atomic E-state index is 11.5. The van der Waals surface area contributed by atoms with Crippen LogP contribution in [0.25, 0.3) is 0 Å². The normalized spacial score (nSPS) is 10.2. The molecule has 0 aliphatic rings. The van der Waals surface area contributed by atoms with Crippen LogP contribution in [0, 0.1) is 0 Å². The molecule has 0 unspecified atom stereocenters. The van der Waals surface area contributed by atoms with Crippen molar-refractivity contribution in [1.82, 2.24) is 10.3 Å². The molecule has 0 radical (unpaired) electrons. The molecule has 0 spiro atoms. The van der Waals surface area contributed by atoms with E-state index in [-0.39, 0.29) is 17.6 Å². The first kappa shape index (κ1) is 13.4. The average molecular weight is 257 g/mol. The maximum absolute atomic E-state index is 11.5.